The first-order valence-electron chi connectivity index (χ1n) is 29.9. The first-order valence-corrected chi connectivity index (χ1v) is 35.0. The Morgan fingerprint density at radius 2 is 0.711 bits per heavy atom. The van der Waals surface area contributed by atoms with Crippen LogP contribution in [-0.4, -0.2) is 99.3 Å². The van der Waals surface area contributed by atoms with E-state index < -0.39 is 71.7 Å². The number of carboxylic acid groups (broad SMARTS) is 3. The number of nitrogens with one attached hydrogen (secondary N) is 3. The van der Waals surface area contributed by atoms with Gasteiger partial charge in [0, 0.05) is 45.4 Å². The molecule has 486 valence electrons. The van der Waals surface area contributed by atoms with Gasteiger partial charge in [-0.2, -0.15) is 0 Å². The van der Waals surface area contributed by atoms with Crippen LogP contribution in [0.4, 0.5) is 25.8 Å². The summed E-state index contributed by atoms with van der Waals surface area (Å²) < 4.78 is 112. The maximum atomic E-state index is 14.4. The zero-order valence-corrected chi connectivity index (χ0v) is 54.9. The molecule has 18 nitrogen and oxygen atoms in total. The predicted molar refractivity (Wildman–Crippen MR) is 347 cm³/mol. The van der Waals surface area contributed by atoms with Gasteiger partial charge < -0.3 is 31.3 Å². The van der Waals surface area contributed by atoms with Crippen molar-refractivity contribution in [1.29, 1.82) is 0 Å². The molecule has 0 saturated carbocycles. The van der Waals surface area contributed by atoms with Gasteiger partial charge in [0.05, 0.1) is 54.9 Å². The Hall–Kier alpha value is -6.70. The molecular formula is C65H78Cl2F2N6O12S3. The van der Waals surface area contributed by atoms with Gasteiger partial charge in [-0.05, 0) is 171 Å². The Kier molecular flexibility index (Phi) is 24.8. The molecule has 0 radical (unpaired) electrons. The maximum absolute atomic E-state index is 14.4. The van der Waals surface area contributed by atoms with E-state index in [9.17, 15) is 48.4 Å². The summed E-state index contributed by atoms with van der Waals surface area (Å²) in [5.41, 5.74) is 6.48. The van der Waals surface area contributed by atoms with Crippen molar-refractivity contribution in [2.75, 3.05) is 53.7 Å². The van der Waals surface area contributed by atoms with E-state index in [-0.39, 0.29) is 50.6 Å². The molecule has 3 atom stereocenters. The highest BCUT2D eigenvalue weighted by atomic mass is 35.5. The van der Waals surface area contributed by atoms with E-state index in [4.69, 9.17) is 38.5 Å². The second-order valence-corrected chi connectivity index (χ2v) is 29.1. The Balaban J connectivity index is 0.000000192. The highest BCUT2D eigenvalue weighted by molar-refractivity contribution is 7.93. The van der Waals surface area contributed by atoms with Crippen LogP contribution in [0.15, 0.2) is 124 Å². The van der Waals surface area contributed by atoms with E-state index >= 15 is 0 Å². The zero-order chi connectivity index (χ0) is 65.7. The summed E-state index contributed by atoms with van der Waals surface area (Å²) in [5, 5.41) is 36.7. The van der Waals surface area contributed by atoms with Gasteiger partial charge in [-0.1, -0.05) is 116 Å². The second kappa shape index (κ2) is 31.6. The molecule has 0 saturated heterocycles. The highest BCUT2D eigenvalue weighted by Crippen LogP contribution is 2.45. The van der Waals surface area contributed by atoms with Gasteiger partial charge in [0.25, 0.3) is 30.1 Å². The smallest absolute Gasteiger partial charge is 0.303 e. The number of para-hydroxylation sites is 3. The average Bonchev–Trinajstić information content (AvgIpc) is 1.60. The van der Waals surface area contributed by atoms with Gasteiger partial charge in [0.15, 0.2) is 0 Å². The quantitative estimate of drug-likeness (QED) is 0.0308. The number of carbonyl (C=O) groups is 3. The molecule has 3 unspecified atom stereocenters. The number of anilines is 3. The minimum absolute atomic E-state index is 0.0217. The molecule has 0 aromatic heterocycles. The van der Waals surface area contributed by atoms with Crippen LogP contribution in [0.3, 0.4) is 0 Å². The summed E-state index contributed by atoms with van der Waals surface area (Å²) in [6.45, 7) is 5.21. The van der Waals surface area contributed by atoms with E-state index in [2.05, 4.69) is 16.0 Å². The Morgan fingerprint density at radius 3 is 1.07 bits per heavy atom. The topological polar surface area (TPSA) is 260 Å². The average molecular weight is 1340 g/mol. The standard InChI is InChI=1S/C22H27ClN2O4S.C22H27FN2O4S.C21H24ClFN2O4S/c2*1-15-13-20-17(14-18(15)23)22(24-12-8-4-3-5-11-21(26)27)16-9-6-7-10-19(16)25(2)30(20,28)29;1-25-18-9-6-5-8-14(18)21(24-11-7-3-2-4-10-20(26)27)15-12-17(23)16(22)13-19(15)30(25,28)29/h2*6-7,9-10,13-14,22,24H,3-5,8,11-12H2,1-2H3,(H,26,27);5-6,8-9,12-13,21,24H,2-4,7,10-11H2,1H3,(H,26,27). The summed E-state index contributed by atoms with van der Waals surface area (Å²) in [6.07, 6.45) is 9.99. The minimum Gasteiger partial charge on any atom is -0.481 e. The number of rotatable bonds is 24. The third-order valence-electron chi connectivity index (χ3n) is 16.2. The van der Waals surface area contributed by atoms with Gasteiger partial charge in [-0.3, -0.25) is 27.3 Å². The first-order chi connectivity index (χ1) is 42.7. The number of aliphatic carboxylic acids is 3. The van der Waals surface area contributed by atoms with Crippen LogP contribution in [0.5, 0.6) is 0 Å². The molecule has 6 N–H and O–H groups in total. The number of hydrogen-bond acceptors (Lipinski definition) is 12. The van der Waals surface area contributed by atoms with Gasteiger partial charge in [-0.15, -0.1) is 0 Å². The van der Waals surface area contributed by atoms with Crippen LogP contribution in [-0.2, 0) is 44.5 Å². The largest absolute Gasteiger partial charge is 0.481 e. The molecule has 25 heteroatoms. The Morgan fingerprint density at radius 1 is 0.411 bits per heavy atom. The van der Waals surface area contributed by atoms with Crippen molar-refractivity contribution >= 4 is 88.2 Å². The molecule has 9 rings (SSSR count). The molecule has 3 aliphatic heterocycles. The summed E-state index contributed by atoms with van der Waals surface area (Å²) in [4.78, 5) is 32.2. The normalized spacial score (nSPS) is 17.2. The van der Waals surface area contributed by atoms with Crippen molar-refractivity contribution in [2.24, 2.45) is 0 Å². The summed E-state index contributed by atoms with van der Waals surface area (Å²) in [5.74, 6) is -3.47. The Bertz CT molecular complexity index is 3520. The van der Waals surface area contributed by atoms with Crippen LogP contribution >= 0.6 is 23.2 Å². The number of sulfonamides is 3. The SMILES string of the molecule is CN1c2ccccc2C(NCCCCCCC(=O)O)c2cc(F)c(Cl)cc2S1(=O)=O.Cc1cc2c(cc1Cl)C(NCCCCCCC(=O)O)c1ccccc1N(C)S2(=O)=O.Cc1cc2c(cc1F)C(NCCCCCCC(=O)O)c1ccccc1N(C)S2(=O)=O. The number of carboxylic acids is 3. The van der Waals surface area contributed by atoms with Crippen molar-refractivity contribution < 1.29 is 63.7 Å². The second-order valence-electron chi connectivity index (χ2n) is 22.5. The molecule has 3 aliphatic rings. The van der Waals surface area contributed by atoms with Crippen LogP contribution in [0.25, 0.3) is 0 Å². The lowest BCUT2D eigenvalue weighted by Crippen LogP contribution is -2.26. The molecule has 0 aliphatic carbocycles. The lowest BCUT2D eigenvalue weighted by molar-refractivity contribution is -0.138. The molecular weight excluding hydrogens is 1260 g/mol. The molecule has 0 bridgehead atoms. The first kappa shape index (κ1) is 70.8. The minimum atomic E-state index is -3.91. The van der Waals surface area contributed by atoms with Crippen molar-refractivity contribution in [1.82, 2.24) is 16.0 Å². The number of fused-ring (bicyclic) bond motifs is 6. The van der Waals surface area contributed by atoms with Crippen LogP contribution < -0.4 is 28.9 Å². The summed E-state index contributed by atoms with van der Waals surface area (Å²) in [6, 6.07) is 29.0. The monoisotopic (exact) mass is 1340 g/mol. The lowest BCUT2D eigenvalue weighted by atomic mass is 9.95. The van der Waals surface area contributed by atoms with Gasteiger partial charge >= 0.3 is 17.9 Å². The summed E-state index contributed by atoms with van der Waals surface area (Å²) in [7, 11) is -6.88. The van der Waals surface area contributed by atoms with Gasteiger partial charge in [-0.25, -0.2) is 34.0 Å². The summed E-state index contributed by atoms with van der Waals surface area (Å²) >= 11 is 12.3. The number of halogens is 4. The van der Waals surface area contributed by atoms with Crippen molar-refractivity contribution in [3.63, 3.8) is 0 Å². The fraction of sp³-hybridized carbons (Fsp3) is 0.400. The van der Waals surface area contributed by atoms with E-state index in [1.165, 1.54) is 51.3 Å². The van der Waals surface area contributed by atoms with E-state index in [1.807, 2.05) is 48.5 Å². The van der Waals surface area contributed by atoms with Crippen molar-refractivity contribution in [3.8, 4) is 0 Å². The number of aryl methyl sites for hydroxylation is 2. The van der Waals surface area contributed by atoms with E-state index in [0.717, 1.165) is 80.0 Å². The number of hydrogen-bond donors (Lipinski definition) is 6. The molecule has 6 aromatic rings. The molecule has 6 aromatic carbocycles. The third kappa shape index (κ3) is 16.9. The molecule has 90 heavy (non-hydrogen) atoms. The predicted octanol–water partition coefficient (Wildman–Crippen LogP) is 12.8. The van der Waals surface area contributed by atoms with Crippen molar-refractivity contribution in [2.45, 2.75) is 143 Å². The van der Waals surface area contributed by atoms with Crippen LogP contribution in [0.2, 0.25) is 10.0 Å². The Labute approximate surface area is 536 Å². The van der Waals surface area contributed by atoms with Crippen LogP contribution in [0, 0.1) is 25.5 Å². The zero-order valence-electron chi connectivity index (χ0n) is 50.9. The highest BCUT2D eigenvalue weighted by Gasteiger charge is 2.39. The number of nitrogens with zero attached hydrogens (tertiary/aromatic N) is 3. The third-order valence-corrected chi connectivity index (χ3v) is 22.4. The van der Waals surface area contributed by atoms with Crippen LogP contribution in [0.1, 0.15) is 159 Å². The maximum Gasteiger partial charge on any atom is 0.303 e. The lowest BCUT2D eigenvalue weighted by Gasteiger charge is -2.22. The molecule has 0 spiro atoms. The number of benzene rings is 6. The molecule has 3 heterocycles. The van der Waals surface area contributed by atoms with E-state index in [1.54, 1.807) is 57.3 Å². The fourth-order valence-corrected chi connectivity index (χ4v) is 16.2. The number of unbranched alkanes of at least 4 members (excludes halogenated alkanes) is 9. The molecule has 0 amide bonds. The molecule has 0 fully saturated rings. The van der Waals surface area contributed by atoms with Gasteiger partial charge in [0.1, 0.15) is 11.6 Å². The fourth-order valence-electron chi connectivity index (χ4n) is 11.3. The van der Waals surface area contributed by atoms with Crippen molar-refractivity contribution in [3.05, 3.63) is 175 Å². The van der Waals surface area contributed by atoms with E-state index in [0.29, 0.717) is 77.7 Å². The van der Waals surface area contributed by atoms with Gasteiger partial charge in [0.2, 0.25) is 0 Å².